The van der Waals surface area contributed by atoms with Crippen molar-refractivity contribution in [1.82, 2.24) is 4.90 Å². The molecule has 0 atom stereocenters. The summed E-state index contributed by atoms with van der Waals surface area (Å²) in [6, 6.07) is 33.7. The molecule has 0 spiro atoms. The van der Waals surface area contributed by atoms with E-state index in [9.17, 15) is 4.79 Å². The Labute approximate surface area is 196 Å². The summed E-state index contributed by atoms with van der Waals surface area (Å²) in [6.07, 6.45) is 1.81. The molecule has 0 saturated heterocycles. The molecule has 2 heteroatoms. The highest BCUT2D eigenvalue weighted by atomic mass is 16.2. The van der Waals surface area contributed by atoms with Gasteiger partial charge in [0.25, 0.3) is 5.91 Å². The third kappa shape index (κ3) is 4.34. The van der Waals surface area contributed by atoms with Crippen molar-refractivity contribution in [3.8, 4) is 11.1 Å². The monoisotopic (exact) mass is 431 g/mol. The highest BCUT2D eigenvalue weighted by Gasteiger charge is 2.32. The van der Waals surface area contributed by atoms with E-state index in [1.54, 1.807) is 0 Å². The Hall–Kier alpha value is -3.65. The summed E-state index contributed by atoms with van der Waals surface area (Å²) in [7, 11) is 0. The largest absolute Gasteiger partial charge is 0.331 e. The van der Waals surface area contributed by atoms with Crippen LogP contribution >= 0.6 is 0 Å². The fraction of sp³-hybridized carbons (Fsp3) is 0.194. The van der Waals surface area contributed by atoms with Crippen LogP contribution in [-0.4, -0.2) is 16.8 Å². The summed E-state index contributed by atoms with van der Waals surface area (Å²) in [5, 5.41) is 0. The van der Waals surface area contributed by atoms with Crippen LogP contribution in [0.3, 0.4) is 0 Å². The van der Waals surface area contributed by atoms with Crippen LogP contribution in [0.5, 0.6) is 0 Å². The van der Waals surface area contributed by atoms with Gasteiger partial charge in [-0.05, 0) is 60.1 Å². The van der Waals surface area contributed by atoms with Crippen molar-refractivity contribution in [2.24, 2.45) is 0 Å². The van der Waals surface area contributed by atoms with Crippen molar-refractivity contribution in [1.29, 1.82) is 0 Å². The molecule has 0 aromatic heterocycles. The minimum absolute atomic E-state index is 0.116. The van der Waals surface area contributed by atoms with Crippen molar-refractivity contribution < 1.29 is 4.79 Å². The van der Waals surface area contributed by atoms with Gasteiger partial charge in [-0.1, -0.05) is 103 Å². The van der Waals surface area contributed by atoms with Gasteiger partial charge in [0.05, 0.1) is 5.56 Å². The van der Waals surface area contributed by atoms with Crippen LogP contribution in [0.15, 0.2) is 97.1 Å². The summed E-state index contributed by atoms with van der Waals surface area (Å²) >= 11 is 0. The minimum atomic E-state index is 0.116. The van der Waals surface area contributed by atoms with Crippen LogP contribution in [0.25, 0.3) is 11.1 Å². The summed E-state index contributed by atoms with van der Waals surface area (Å²) in [4.78, 5) is 16.4. The second-order valence-electron chi connectivity index (χ2n) is 9.11. The van der Waals surface area contributed by atoms with E-state index in [0.717, 1.165) is 35.1 Å². The molecule has 0 saturated carbocycles. The topological polar surface area (TPSA) is 20.3 Å². The Kier molecular flexibility index (Phi) is 5.83. The zero-order valence-electron chi connectivity index (χ0n) is 19.3. The fourth-order valence-electron chi connectivity index (χ4n) is 4.97. The first kappa shape index (κ1) is 21.2. The number of carbonyl (C=O) groups is 1. The Bertz CT molecular complexity index is 1250. The van der Waals surface area contributed by atoms with Gasteiger partial charge >= 0.3 is 0 Å². The molecule has 5 rings (SSSR count). The van der Waals surface area contributed by atoms with Crippen molar-refractivity contribution in [2.45, 2.75) is 39.3 Å². The van der Waals surface area contributed by atoms with Crippen LogP contribution in [0, 0.1) is 13.8 Å². The standard InChI is InChI=1S/C31H29NO/c1-22-15-17-24(18-16-22)21-32(28-19-26-12-6-7-13-27(26)20-28)31(33)30-23(2)9-8-14-29(30)25-10-4-3-5-11-25/h3-18,28H,19-21H2,1-2H3. The van der Waals surface area contributed by atoms with Gasteiger partial charge in [0, 0.05) is 12.6 Å². The molecule has 0 aliphatic heterocycles. The lowest BCUT2D eigenvalue weighted by Gasteiger charge is -2.31. The number of fused-ring (bicyclic) bond motifs is 1. The lowest BCUT2D eigenvalue weighted by atomic mass is 9.94. The van der Waals surface area contributed by atoms with Gasteiger partial charge in [-0.15, -0.1) is 0 Å². The SMILES string of the molecule is Cc1ccc(CN(C(=O)c2c(C)cccc2-c2ccccc2)C2Cc3ccccc3C2)cc1. The molecule has 0 unspecified atom stereocenters. The van der Waals surface area contributed by atoms with Gasteiger partial charge < -0.3 is 4.90 Å². The molecular weight excluding hydrogens is 402 g/mol. The zero-order chi connectivity index (χ0) is 22.8. The molecule has 1 amide bonds. The maximum atomic E-state index is 14.3. The Morgan fingerprint density at radius 3 is 2.06 bits per heavy atom. The zero-order valence-corrected chi connectivity index (χ0v) is 19.3. The number of hydrogen-bond donors (Lipinski definition) is 0. The molecule has 4 aromatic rings. The molecule has 1 aliphatic rings. The third-order valence-electron chi connectivity index (χ3n) is 6.78. The number of hydrogen-bond acceptors (Lipinski definition) is 1. The average molecular weight is 432 g/mol. The van der Waals surface area contributed by atoms with Crippen molar-refractivity contribution in [3.05, 3.63) is 130 Å². The van der Waals surface area contributed by atoms with E-state index in [1.165, 1.54) is 22.3 Å². The Morgan fingerprint density at radius 1 is 0.758 bits per heavy atom. The molecular formula is C31H29NO. The first-order valence-electron chi connectivity index (χ1n) is 11.7. The quantitative estimate of drug-likeness (QED) is 0.341. The van der Waals surface area contributed by atoms with E-state index >= 15 is 0 Å². The number of amides is 1. The maximum Gasteiger partial charge on any atom is 0.255 e. The number of nitrogens with zero attached hydrogens (tertiary/aromatic N) is 1. The van der Waals surface area contributed by atoms with Crippen LogP contribution in [0.1, 0.15) is 38.2 Å². The Balaban J connectivity index is 1.56. The van der Waals surface area contributed by atoms with E-state index < -0.39 is 0 Å². The van der Waals surface area contributed by atoms with Gasteiger partial charge in [-0.2, -0.15) is 0 Å². The van der Waals surface area contributed by atoms with Crippen LogP contribution in [0.4, 0.5) is 0 Å². The maximum absolute atomic E-state index is 14.3. The molecule has 0 heterocycles. The summed E-state index contributed by atoms with van der Waals surface area (Å²) < 4.78 is 0. The molecule has 1 aliphatic carbocycles. The first-order chi connectivity index (χ1) is 16.1. The normalized spacial score (nSPS) is 13.0. The fourth-order valence-corrected chi connectivity index (χ4v) is 4.97. The van der Waals surface area contributed by atoms with Crippen LogP contribution in [0.2, 0.25) is 0 Å². The molecule has 2 nitrogen and oxygen atoms in total. The van der Waals surface area contributed by atoms with Crippen LogP contribution < -0.4 is 0 Å². The molecule has 0 N–H and O–H groups in total. The number of aryl methyl sites for hydroxylation is 2. The molecule has 0 fully saturated rings. The van der Waals surface area contributed by atoms with Crippen molar-refractivity contribution in [2.75, 3.05) is 0 Å². The lowest BCUT2D eigenvalue weighted by molar-refractivity contribution is 0.0668. The van der Waals surface area contributed by atoms with Crippen molar-refractivity contribution in [3.63, 3.8) is 0 Å². The molecule has 4 aromatic carbocycles. The summed E-state index contributed by atoms with van der Waals surface area (Å²) in [5.41, 5.74) is 9.03. The predicted octanol–water partition coefficient (Wildman–Crippen LogP) is 6.78. The van der Waals surface area contributed by atoms with E-state index in [2.05, 4.69) is 78.6 Å². The van der Waals surface area contributed by atoms with Crippen LogP contribution in [-0.2, 0) is 19.4 Å². The number of benzene rings is 4. The third-order valence-corrected chi connectivity index (χ3v) is 6.78. The van der Waals surface area contributed by atoms with Gasteiger partial charge in [0.2, 0.25) is 0 Å². The van der Waals surface area contributed by atoms with Gasteiger partial charge in [0.15, 0.2) is 0 Å². The van der Waals surface area contributed by atoms with E-state index in [1.807, 2.05) is 37.3 Å². The molecule has 164 valence electrons. The second kappa shape index (κ2) is 9.07. The predicted molar refractivity (Wildman–Crippen MR) is 135 cm³/mol. The molecule has 0 radical (unpaired) electrons. The average Bonchev–Trinajstić information content (AvgIpc) is 3.27. The highest BCUT2D eigenvalue weighted by Crippen LogP contribution is 2.32. The van der Waals surface area contributed by atoms with Crippen molar-refractivity contribution >= 4 is 5.91 Å². The second-order valence-corrected chi connectivity index (χ2v) is 9.11. The highest BCUT2D eigenvalue weighted by molar-refractivity contribution is 6.02. The number of rotatable bonds is 5. The smallest absolute Gasteiger partial charge is 0.255 e. The summed E-state index contributed by atoms with van der Waals surface area (Å²) in [5.74, 6) is 0.116. The van der Waals surface area contributed by atoms with Gasteiger partial charge in [-0.25, -0.2) is 0 Å². The van der Waals surface area contributed by atoms with E-state index in [-0.39, 0.29) is 11.9 Å². The van der Waals surface area contributed by atoms with E-state index in [4.69, 9.17) is 0 Å². The van der Waals surface area contributed by atoms with E-state index in [0.29, 0.717) is 6.54 Å². The Morgan fingerprint density at radius 2 is 1.39 bits per heavy atom. The van der Waals surface area contributed by atoms with Gasteiger partial charge in [-0.3, -0.25) is 4.79 Å². The minimum Gasteiger partial charge on any atom is -0.331 e. The van der Waals surface area contributed by atoms with Gasteiger partial charge in [0.1, 0.15) is 0 Å². The lowest BCUT2D eigenvalue weighted by Crippen LogP contribution is -2.41. The summed E-state index contributed by atoms with van der Waals surface area (Å²) in [6.45, 7) is 4.76. The molecule has 0 bridgehead atoms. The number of carbonyl (C=O) groups excluding carboxylic acids is 1. The molecule has 33 heavy (non-hydrogen) atoms. The first-order valence-corrected chi connectivity index (χ1v) is 11.7.